The van der Waals surface area contributed by atoms with Crippen LogP contribution in [0.5, 0.6) is 11.5 Å². The van der Waals surface area contributed by atoms with Crippen LogP contribution in [0, 0.1) is 5.82 Å². The van der Waals surface area contributed by atoms with Gasteiger partial charge in [-0.05, 0) is 54.1 Å². The predicted octanol–water partition coefficient (Wildman–Crippen LogP) is 6.05. The van der Waals surface area contributed by atoms with Gasteiger partial charge >= 0.3 is 0 Å². The Morgan fingerprint density at radius 2 is 1.94 bits per heavy atom. The Morgan fingerprint density at radius 1 is 1.16 bits per heavy atom. The SMILES string of the molecule is COc1ccc(/C=N/NC(=O)c2sc3ccccc3c2Cl)cc1COc1ccc(F)cc1. The number of thiophene rings is 1. The number of rotatable bonds is 7. The number of nitrogens with one attached hydrogen (secondary N) is 1. The third-order valence-electron chi connectivity index (χ3n) is 4.63. The van der Waals surface area contributed by atoms with Crippen molar-refractivity contribution >= 4 is 45.1 Å². The number of hydrogen-bond acceptors (Lipinski definition) is 5. The minimum atomic E-state index is -0.374. The molecule has 0 fully saturated rings. The van der Waals surface area contributed by atoms with Gasteiger partial charge in [-0.25, -0.2) is 9.82 Å². The molecule has 0 saturated heterocycles. The topological polar surface area (TPSA) is 59.9 Å². The molecule has 4 aromatic rings. The van der Waals surface area contributed by atoms with Crippen LogP contribution in [0.15, 0.2) is 71.8 Å². The fourth-order valence-corrected chi connectivity index (χ4v) is 4.47. The van der Waals surface area contributed by atoms with Crippen LogP contribution in [-0.2, 0) is 6.61 Å². The lowest BCUT2D eigenvalue weighted by atomic mass is 10.1. The smallest absolute Gasteiger partial charge is 0.283 e. The molecule has 0 spiro atoms. The first kappa shape index (κ1) is 21.8. The molecular weight excluding hydrogens is 451 g/mol. The van der Waals surface area contributed by atoms with E-state index in [0.717, 1.165) is 21.2 Å². The number of hydrazone groups is 1. The van der Waals surface area contributed by atoms with E-state index in [9.17, 15) is 9.18 Å². The van der Waals surface area contributed by atoms with Crippen LogP contribution in [0.4, 0.5) is 4.39 Å². The number of amides is 1. The zero-order chi connectivity index (χ0) is 22.5. The molecule has 0 saturated carbocycles. The predicted molar refractivity (Wildman–Crippen MR) is 126 cm³/mol. The van der Waals surface area contributed by atoms with Crippen LogP contribution in [-0.4, -0.2) is 19.2 Å². The zero-order valence-electron chi connectivity index (χ0n) is 17.0. The molecule has 8 heteroatoms. The van der Waals surface area contributed by atoms with Crippen LogP contribution in [0.2, 0.25) is 5.02 Å². The van der Waals surface area contributed by atoms with E-state index >= 15 is 0 Å². The molecule has 0 unspecified atom stereocenters. The lowest BCUT2D eigenvalue weighted by molar-refractivity contribution is 0.0959. The summed E-state index contributed by atoms with van der Waals surface area (Å²) in [6.45, 7) is 0.222. The molecule has 1 aromatic heterocycles. The Morgan fingerprint density at radius 3 is 2.69 bits per heavy atom. The fraction of sp³-hybridized carbons (Fsp3) is 0.0833. The highest BCUT2D eigenvalue weighted by atomic mass is 35.5. The summed E-state index contributed by atoms with van der Waals surface area (Å²) in [5, 5.41) is 5.32. The number of ether oxygens (including phenoxy) is 2. The summed E-state index contributed by atoms with van der Waals surface area (Å²) < 4.78 is 25.1. The van der Waals surface area contributed by atoms with Crippen molar-refractivity contribution in [3.05, 3.63) is 93.6 Å². The number of hydrogen-bond donors (Lipinski definition) is 1. The molecule has 162 valence electrons. The van der Waals surface area contributed by atoms with Gasteiger partial charge in [0.25, 0.3) is 5.91 Å². The second-order valence-electron chi connectivity index (χ2n) is 6.75. The van der Waals surface area contributed by atoms with E-state index in [1.165, 1.54) is 29.7 Å². The van der Waals surface area contributed by atoms with E-state index in [2.05, 4.69) is 10.5 Å². The molecule has 0 aliphatic carbocycles. The van der Waals surface area contributed by atoms with E-state index in [1.807, 2.05) is 36.4 Å². The maximum atomic E-state index is 13.1. The molecular formula is C24H18ClFN2O3S. The van der Waals surface area contributed by atoms with Crippen molar-refractivity contribution in [2.45, 2.75) is 6.61 Å². The molecule has 0 bridgehead atoms. The van der Waals surface area contributed by atoms with Crippen molar-refractivity contribution in [1.82, 2.24) is 5.43 Å². The summed E-state index contributed by atoms with van der Waals surface area (Å²) in [6, 6.07) is 18.8. The normalized spacial score (nSPS) is 11.1. The number of carbonyl (C=O) groups is 1. The lowest BCUT2D eigenvalue weighted by Gasteiger charge is -2.11. The van der Waals surface area contributed by atoms with Gasteiger partial charge in [-0.15, -0.1) is 11.3 Å². The summed E-state index contributed by atoms with van der Waals surface area (Å²) in [5.41, 5.74) is 4.04. The molecule has 0 atom stereocenters. The first-order chi connectivity index (χ1) is 15.5. The molecule has 1 heterocycles. The number of halogens is 2. The van der Waals surface area contributed by atoms with Crippen molar-refractivity contribution in [3.63, 3.8) is 0 Å². The molecule has 1 N–H and O–H groups in total. The minimum Gasteiger partial charge on any atom is -0.496 e. The zero-order valence-corrected chi connectivity index (χ0v) is 18.5. The number of methoxy groups -OCH3 is 1. The highest BCUT2D eigenvalue weighted by molar-refractivity contribution is 7.21. The average molecular weight is 469 g/mol. The molecule has 0 aliphatic rings. The minimum absolute atomic E-state index is 0.222. The summed E-state index contributed by atoms with van der Waals surface area (Å²) in [5.74, 6) is 0.485. The standard InChI is InChI=1S/C24H18ClFN2O3S/c1-30-20-11-6-15(12-16(20)14-31-18-9-7-17(26)8-10-18)13-27-28-24(29)23-22(25)19-4-2-3-5-21(19)32-23/h2-13H,14H2,1H3,(H,28,29)/b27-13+. The molecule has 5 nitrogen and oxygen atoms in total. The molecule has 3 aromatic carbocycles. The molecule has 32 heavy (non-hydrogen) atoms. The number of nitrogens with zero attached hydrogens (tertiary/aromatic N) is 1. The molecule has 1 amide bonds. The van der Waals surface area contributed by atoms with Crippen molar-refractivity contribution in [2.75, 3.05) is 7.11 Å². The summed E-state index contributed by atoms with van der Waals surface area (Å²) >= 11 is 7.66. The van der Waals surface area contributed by atoms with Gasteiger partial charge in [0.05, 0.1) is 18.3 Å². The van der Waals surface area contributed by atoms with Gasteiger partial charge in [0.15, 0.2) is 0 Å². The average Bonchev–Trinajstić information content (AvgIpc) is 3.15. The second-order valence-corrected chi connectivity index (χ2v) is 8.18. The quantitative estimate of drug-likeness (QED) is 0.265. The summed E-state index contributed by atoms with van der Waals surface area (Å²) in [7, 11) is 1.57. The van der Waals surface area contributed by atoms with E-state index in [0.29, 0.717) is 21.4 Å². The Hall–Kier alpha value is -3.42. The first-order valence-electron chi connectivity index (χ1n) is 9.61. The van der Waals surface area contributed by atoms with Crippen LogP contribution in [0.25, 0.3) is 10.1 Å². The summed E-state index contributed by atoms with van der Waals surface area (Å²) in [6.07, 6.45) is 1.53. The Labute approximate surface area is 193 Å². The van der Waals surface area contributed by atoms with Gasteiger partial charge in [0.2, 0.25) is 0 Å². The van der Waals surface area contributed by atoms with Gasteiger partial charge in [-0.2, -0.15) is 5.10 Å². The van der Waals surface area contributed by atoms with E-state index in [4.69, 9.17) is 21.1 Å². The maximum absolute atomic E-state index is 13.1. The van der Waals surface area contributed by atoms with Gasteiger partial charge in [0, 0.05) is 15.6 Å². The number of carbonyl (C=O) groups excluding carboxylic acids is 1. The fourth-order valence-electron chi connectivity index (χ4n) is 3.06. The molecule has 0 radical (unpaired) electrons. The molecule has 4 rings (SSSR count). The van der Waals surface area contributed by atoms with Gasteiger partial charge in [-0.1, -0.05) is 29.8 Å². The third kappa shape index (κ3) is 4.90. The highest BCUT2D eigenvalue weighted by Gasteiger charge is 2.16. The van der Waals surface area contributed by atoms with Gasteiger partial charge < -0.3 is 9.47 Å². The van der Waals surface area contributed by atoms with Gasteiger partial charge in [0.1, 0.15) is 28.8 Å². The van der Waals surface area contributed by atoms with Crippen LogP contribution < -0.4 is 14.9 Å². The van der Waals surface area contributed by atoms with E-state index in [-0.39, 0.29) is 18.3 Å². The summed E-state index contributed by atoms with van der Waals surface area (Å²) in [4.78, 5) is 12.9. The van der Waals surface area contributed by atoms with Crippen molar-refractivity contribution in [1.29, 1.82) is 0 Å². The largest absolute Gasteiger partial charge is 0.496 e. The maximum Gasteiger partial charge on any atom is 0.283 e. The Bertz CT molecular complexity index is 1290. The van der Waals surface area contributed by atoms with Crippen molar-refractivity contribution < 1.29 is 18.7 Å². The molecule has 0 aliphatic heterocycles. The van der Waals surface area contributed by atoms with Crippen LogP contribution in [0.1, 0.15) is 20.8 Å². The monoisotopic (exact) mass is 468 g/mol. The van der Waals surface area contributed by atoms with Crippen LogP contribution >= 0.6 is 22.9 Å². The van der Waals surface area contributed by atoms with E-state index in [1.54, 1.807) is 25.3 Å². The third-order valence-corrected chi connectivity index (χ3v) is 6.31. The van der Waals surface area contributed by atoms with Gasteiger partial charge in [-0.3, -0.25) is 4.79 Å². The van der Waals surface area contributed by atoms with Crippen molar-refractivity contribution in [3.8, 4) is 11.5 Å². The highest BCUT2D eigenvalue weighted by Crippen LogP contribution is 2.35. The Balaban J connectivity index is 1.45. The number of fused-ring (bicyclic) bond motifs is 1. The number of benzene rings is 3. The van der Waals surface area contributed by atoms with Crippen LogP contribution in [0.3, 0.4) is 0 Å². The second kappa shape index (κ2) is 9.80. The first-order valence-corrected chi connectivity index (χ1v) is 10.8. The van der Waals surface area contributed by atoms with E-state index < -0.39 is 0 Å². The van der Waals surface area contributed by atoms with Crippen molar-refractivity contribution in [2.24, 2.45) is 5.10 Å². The Kier molecular flexibility index (Phi) is 6.68. The lowest BCUT2D eigenvalue weighted by Crippen LogP contribution is -2.16.